The van der Waals surface area contributed by atoms with Crippen molar-refractivity contribution in [3.05, 3.63) is 101 Å². The first-order valence-electron chi connectivity index (χ1n) is 9.29. The van der Waals surface area contributed by atoms with Crippen molar-refractivity contribution >= 4 is 17.6 Å². The molecule has 1 aliphatic heterocycles. The number of benzene rings is 3. The Bertz CT molecular complexity index is 1040. The molecule has 29 heavy (non-hydrogen) atoms. The SMILES string of the molecule is COc1ccc(C(=O)CC(c2ccccc2)N2C(=O)c3ccccc3C2=O)cc1. The summed E-state index contributed by atoms with van der Waals surface area (Å²) in [7, 11) is 1.56. The maximum atomic E-state index is 13.0. The molecule has 3 aromatic rings. The van der Waals surface area contributed by atoms with Crippen molar-refractivity contribution < 1.29 is 19.1 Å². The van der Waals surface area contributed by atoms with Gasteiger partial charge in [0.15, 0.2) is 5.78 Å². The summed E-state index contributed by atoms with van der Waals surface area (Å²) in [4.78, 5) is 40.2. The standard InChI is InChI=1S/C24H19NO4/c1-29-18-13-11-17(12-14-18)22(26)15-21(16-7-3-2-4-8-16)25-23(27)19-9-5-6-10-20(19)24(25)28/h2-14,21H,15H2,1H3. The predicted octanol–water partition coefficient (Wildman–Crippen LogP) is 4.31. The third-order valence-electron chi connectivity index (χ3n) is 5.11. The quantitative estimate of drug-likeness (QED) is 0.469. The zero-order chi connectivity index (χ0) is 20.4. The first-order chi connectivity index (χ1) is 14.1. The summed E-state index contributed by atoms with van der Waals surface area (Å²) in [6.07, 6.45) is 0.00180. The van der Waals surface area contributed by atoms with Gasteiger partial charge in [-0.1, -0.05) is 42.5 Å². The Balaban J connectivity index is 1.69. The van der Waals surface area contributed by atoms with E-state index in [0.717, 1.165) is 5.56 Å². The topological polar surface area (TPSA) is 63.7 Å². The third kappa shape index (κ3) is 3.43. The average Bonchev–Trinajstić information content (AvgIpc) is 3.03. The lowest BCUT2D eigenvalue weighted by Crippen LogP contribution is -2.35. The molecule has 3 aromatic carbocycles. The molecule has 144 valence electrons. The molecule has 0 radical (unpaired) electrons. The number of nitrogens with zero attached hydrogens (tertiary/aromatic N) is 1. The maximum Gasteiger partial charge on any atom is 0.262 e. The Labute approximate surface area is 168 Å². The highest BCUT2D eigenvalue weighted by molar-refractivity contribution is 6.21. The van der Waals surface area contributed by atoms with Crippen molar-refractivity contribution in [3.63, 3.8) is 0 Å². The maximum absolute atomic E-state index is 13.0. The third-order valence-corrected chi connectivity index (χ3v) is 5.11. The van der Waals surface area contributed by atoms with E-state index in [0.29, 0.717) is 22.4 Å². The molecule has 0 saturated heterocycles. The Hall–Kier alpha value is -3.73. The number of hydrogen-bond donors (Lipinski definition) is 0. The lowest BCUT2D eigenvalue weighted by molar-refractivity contribution is 0.0569. The highest BCUT2D eigenvalue weighted by Gasteiger charge is 2.41. The highest BCUT2D eigenvalue weighted by Crippen LogP contribution is 2.34. The molecule has 1 unspecified atom stereocenters. The van der Waals surface area contributed by atoms with Crippen LogP contribution in [0.15, 0.2) is 78.9 Å². The van der Waals surface area contributed by atoms with Gasteiger partial charge in [-0.25, -0.2) is 0 Å². The number of carbonyl (C=O) groups excluding carboxylic acids is 3. The fourth-order valence-electron chi connectivity index (χ4n) is 3.59. The molecule has 0 N–H and O–H groups in total. The number of fused-ring (bicyclic) bond motifs is 1. The molecule has 2 amide bonds. The number of hydrogen-bond acceptors (Lipinski definition) is 4. The monoisotopic (exact) mass is 385 g/mol. The van der Waals surface area contributed by atoms with Gasteiger partial charge in [0.25, 0.3) is 11.8 Å². The molecule has 1 heterocycles. The van der Waals surface area contributed by atoms with Crippen molar-refractivity contribution in [1.82, 2.24) is 4.90 Å². The minimum atomic E-state index is -0.682. The lowest BCUT2D eigenvalue weighted by atomic mass is 9.96. The molecular formula is C24H19NO4. The van der Waals surface area contributed by atoms with Gasteiger partial charge in [0.2, 0.25) is 0 Å². The van der Waals surface area contributed by atoms with Crippen LogP contribution in [-0.4, -0.2) is 29.6 Å². The van der Waals surface area contributed by atoms with E-state index >= 15 is 0 Å². The van der Waals surface area contributed by atoms with Crippen LogP contribution in [0.2, 0.25) is 0 Å². The molecule has 0 saturated carbocycles. The van der Waals surface area contributed by atoms with Crippen molar-refractivity contribution in [2.45, 2.75) is 12.5 Å². The second kappa shape index (κ2) is 7.72. The molecule has 0 aromatic heterocycles. The summed E-state index contributed by atoms with van der Waals surface area (Å²) < 4.78 is 5.14. The molecule has 0 fully saturated rings. The van der Waals surface area contributed by atoms with Crippen LogP contribution >= 0.6 is 0 Å². The van der Waals surface area contributed by atoms with E-state index < -0.39 is 6.04 Å². The second-order valence-corrected chi connectivity index (χ2v) is 6.81. The number of carbonyl (C=O) groups is 3. The summed E-state index contributed by atoms with van der Waals surface area (Å²) in [5, 5.41) is 0. The van der Waals surface area contributed by atoms with Gasteiger partial charge < -0.3 is 4.74 Å². The number of Topliss-reactive ketones (excluding diaryl/α,β-unsaturated/α-hetero) is 1. The molecule has 0 aliphatic carbocycles. The predicted molar refractivity (Wildman–Crippen MR) is 108 cm³/mol. The van der Waals surface area contributed by atoms with Gasteiger partial charge in [-0.2, -0.15) is 0 Å². The molecule has 0 bridgehead atoms. The van der Waals surface area contributed by atoms with E-state index in [2.05, 4.69) is 0 Å². The van der Waals surface area contributed by atoms with Gasteiger partial charge >= 0.3 is 0 Å². The Morgan fingerprint density at radius 1 is 0.828 bits per heavy atom. The van der Waals surface area contributed by atoms with Crippen LogP contribution in [0.1, 0.15) is 49.1 Å². The lowest BCUT2D eigenvalue weighted by Gasteiger charge is -2.26. The second-order valence-electron chi connectivity index (χ2n) is 6.81. The first kappa shape index (κ1) is 18.6. The number of rotatable bonds is 6. The highest BCUT2D eigenvalue weighted by atomic mass is 16.5. The van der Waals surface area contributed by atoms with Gasteiger partial charge in [0.05, 0.1) is 24.3 Å². The molecule has 1 aliphatic rings. The van der Waals surface area contributed by atoms with Crippen LogP contribution in [0.25, 0.3) is 0 Å². The molecule has 0 spiro atoms. The summed E-state index contributed by atoms with van der Waals surface area (Å²) >= 11 is 0. The Morgan fingerprint density at radius 3 is 1.93 bits per heavy atom. The molecule has 1 atom stereocenters. The zero-order valence-electron chi connectivity index (χ0n) is 15.9. The van der Waals surface area contributed by atoms with Crippen LogP contribution in [-0.2, 0) is 0 Å². The Kier molecular flexibility index (Phi) is 4.96. The van der Waals surface area contributed by atoms with E-state index in [4.69, 9.17) is 4.74 Å². The van der Waals surface area contributed by atoms with Crippen molar-refractivity contribution in [3.8, 4) is 5.75 Å². The van der Waals surface area contributed by atoms with Gasteiger partial charge in [-0.05, 0) is 42.0 Å². The minimum Gasteiger partial charge on any atom is -0.497 e. The van der Waals surface area contributed by atoms with E-state index in [9.17, 15) is 14.4 Å². The summed E-state index contributed by atoms with van der Waals surface area (Å²) in [5.74, 6) is -0.247. The average molecular weight is 385 g/mol. The van der Waals surface area contributed by atoms with E-state index in [1.807, 2.05) is 30.3 Å². The summed E-state index contributed by atoms with van der Waals surface area (Å²) in [6, 6.07) is 22.0. The normalized spacial score (nSPS) is 13.9. The van der Waals surface area contributed by atoms with Gasteiger partial charge in [0.1, 0.15) is 5.75 Å². The van der Waals surface area contributed by atoms with E-state index in [1.54, 1.807) is 55.6 Å². The number of amides is 2. The number of ether oxygens (including phenoxy) is 1. The number of methoxy groups -OCH3 is 1. The molecule has 5 heteroatoms. The minimum absolute atomic E-state index is 0.00180. The Morgan fingerprint density at radius 2 is 1.38 bits per heavy atom. The fourth-order valence-corrected chi connectivity index (χ4v) is 3.59. The van der Waals surface area contributed by atoms with E-state index in [1.165, 1.54) is 4.90 Å². The van der Waals surface area contributed by atoms with Crippen LogP contribution in [0, 0.1) is 0 Å². The van der Waals surface area contributed by atoms with Crippen LogP contribution < -0.4 is 4.74 Å². The summed E-state index contributed by atoms with van der Waals surface area (Å²) in [5.41, 5.74) is 1.98. The van der Waals surface area contributed by atoms with Crippen LogP contribution in [0.3, 0.4) is 0 Å². The first-order valence-corrected chi connectivity index (χ1v) is 9.29. The van der Waals surface area contributed by atoms with E-state index in [-0.39, 0.29) is 24.0 Å². The van der Waals surface area contributed by atoms with Crippen molar-refractivity contribution in [1.29, 1.82) is 0 Å². The molecule has 5 nitrogen and oxygen atoms in total. The zero-order valence-corrected chi connectivity index (χ0v) is 15.9. The summed E-state index contributed by atoms with van der Waals surface area (Å²) in [6.45, 7) is 0. The van der Waals surface area contributed by atoms with Crippen molar-refractivity contribution in [2.24, 2.45) is 0 Å². The largest absolute Gasteiger partial charge is 0.497 e. The van der Waals surface area contributed by atoms with Gasteiger partial charge in [-0.15, -0.1) is 0 Å². The van der Waals surface area contributed by atoms with Crippen LogP contribution in [0.5, 0.6) is 5.75 Å². The van der Waals surface area contributed by atoms with Crippen molar-refractivity contribution in [2.75, 3.05) is 7.11 Å². The molecular weight excluding hydrogens is 366 g/mol. The van der Waals surface area contributed by atoms with Gasteiger partial charge in [0, 0.05) is 12.0 Å². The fraction of sp³-hybridized carbons (Fsp3) is 0.125. The number of imide groups is 1. The van der Waals surface area contributed by atoms with Gasteiger partial charge in [-0.3, -0.25) is 19.3 Å². The smallest absolute Gasteiger partial charge is 0.262 e. The number of ketones is 1. The molecule has 4 rings (SSSR count). The van der Waals surface area contributed by atoms with Crippen LogP contribution in [0.4, 0.5) is 0 Å².